The molecule has 0 bridgehead atoms. The SMILES string of the molecule is Cc1ccc(S(=O)(=O)N(C)c2cccc(C(=O)NC[C@@H]3COc4ccccc4O3)c2)cc1. The molecule has 3 aromatic carbocycles. The Labute approximate surface area is 187 Å². The largest absolute Gasteiger partial charge is 0.486 e. The maximum Gasteiger partial charge on any atom is 0.264 e. The number of aryl methyl sites for hydroxylation is 1. The molecule has 1 N–H and O–H groups in total. The molecule has 166 valence electrons. The van der Waals surface area contributed by atoms with Crippen LogP contribution >= 0.6 is 0 Å². The number of hydrogen-bond acceptors (Lipinski definition) is 5. The molecular formula is C24H24N2O5S. The monoisotopic (exact) mass is 452 g/mol. The first-order valence-electron chi connectivity index (χ1n) is 10.2. The summed E-state index contributed by atoms with van der Waals surface area (Å²) < 4.78 is 38.6. The molecule has 1 heterocycles. The van der Waals surface area contributed by atoms with Crippen LogP contribution in [0.25, 0.3) is 0 Å². The summed E-state index contributed by atoms with van der Waals surface area (Å²) in [5.74, 6) is 0.999. The number of benzene rings is 3. The molecule has 1 aliphatic rings. The molecule has 0 radical (unpaired) electrons. The number of anilines is 1. The van der Waals surface area contributed by atoms with Crippen molar-refractivity contribution in [2.24, 2.45) is 0 Å². The third-order valence-electron chi connectivity index (χ3n) is 5.21. The van der Waals surface area contributed by atoms with Gasteiger partial charge in [0.05, 0.1) is 17.1 Å². The molecule has 0 fully saturated rings. The van der Waals surface area contributed by atoms with Crippen LogP contribution in [0.1, 0.15) is 15.9 Å². The number of hydrogen-bond donors (Lipinski definition) is 1. The van der Waals surface area contributed by atoms with Gasteiger partial charge in [0.15, 0.2) is 11.5 Å². The Hall–Kier alpha value is -3.52. The van der Waals surface area contributed by atoms with Crippen LogP contribution in [0.5, 0.6) is 11.5 Å². The highest BCUT2D eigenvalue weighted by atomic mass is 32.2. The van der Waals surface area contributed by atoms with Gasteiger partial charge in [0.2, 0.25) is 0 Å². The third-order valence-corrected chi connectivity index (χ3v) is 7.01. The van der Waals surface area contributed by atoms with Gasteiger partial charge in [0.1, 0.15) is 12.7 Å². The summed E-state index contributed by atoms with van der Waals surface area (Å²) in [5, 5.41) is 2.83. The van der Waals surface area contributed by atoms with E-state index in [2.05, 4.69) is 5.32 Å². The normalized spacial score (nSPS) is 15.1. The zero-order valence-corrected chi connectivity index (χ0v) is 18.6. The van der Waals surface area contributed by atoms with Gasteiger partial charge in [-0.1, -0.05) is 35.9 Å². The molecule has 1 amide bonds. The molecule has 8 heteroatoms. The van der Waals surface area contributed by atoms with Crippen LogP contribution < -0.4 is 19.1 Å². The molecule has 1 aliphatic heterocycles. The number of ether oxygens (including phenoxy) is 2. The number of rotatable bonds is 6. The quantitative estimate of drug-likeness (QED) is 0.620. The highest BCUT2D eigenvalue weighted by Crippen LogP contribution is 2.30. The van der Waals surface area contributed by atoms with E-state index < -0.39 is 10.0 Å². The maximum atomic E-state index is 13.0. The van der Waals surface area contributed by atoms with Gasteiger partial charge >= 0.3 is 0 Å². The van der Waals surface area contributed by atoms with E-state index in [-0.39, 0.29) is 23.5 Å². The van der Waals surface area contributed by atoms with Crippen molar-refractivity contribution in [2.45, 2.75) is 17.9 Å². The fourth-order valence-electron chi connectivity index (χ4n) is 3.32. The molecule has 32 heavy (non-hydrogen) atoms. The van der Waals surface area contributed by atoms with Crippen LogP contribution in [-0.4, -0.2) is 40.6 Å². The van der Waals surface area contributed by atoms with E-state index in [1.54, 1.807) is 48.5 Å². The maximum absolute atomic E-state index is 13.0. The molecule has 0 aromatic heterocycles. The van der Waals surface area contributed by atoms with Gasteiger partial charge < -0.3 is 14.8 Å². The summed E-state index contributed by atoms with van der Waals surface area (Å²) in [4.78, 5) is 12.9. The Morgan fingerprint density at radius 2 is 1.75 bits per heavy atom. The van der Waals surface area contributed by atoms with Gasteiger partial charge in [-0.2, -0.15) is 0 Å². The van der Waals surface area contributed by atoms with E-state index in [0.717, 1.165) is 5.56 Å². The Kier molecular flexibility index (Phi) is 6.05. The fraction of sp³-hybridized carbons (Fsp3) is 0.208. The highest BCUT2D eigenvalue weighted by Gasteiger charge is 2.23. The van der Waals surface area contributed by atoms with Crippen LogP contribution in [0.4, 0.5) is 5.69 Å². The lowest BCUT2D eigenvalue weighted by molar-refractivity contribution is 0.0789. The zero-order chi connectivity index (χ0) is 22.7. The minimum Gasteiger partial charge on any atom is -0.486 e. The summed E-state index contributed by atoms with van der Waals surface area (Å²) in [6.07, 6.45) is -0.318. The zero-order valence-electron chi connectivity index (χ0n) is 17.8. The highest BCUT2D eigenvalue weighted by molar-refractivity contribution is 7.92. The number of amides is 1. The third kappa shape index (κ3) is 4.55. The number of nitrogens with zero attached hydrogens (tertiary/aromatic N) is 1. The van der Waals surface area contributed by atoms with Crippen LogP contribution in [0.3, 0.4) is 0 Å². The van der Waals surface area contributed by atoms with E-state index in [4.69, 9.17) is 9.47 Å². The van der Waals surface area contributed by atoms with Crippen LogP contribution in [-0.2, 0) is 10.0 Å². The Morgan fingerprint density at radius 1 is 1.03 bits per heavy atom. The average Bonchev–Trinajstić information content (AvgIpc) is 2.82. The van der Waals surface area contributed by atoms with E-state index in [0.29, 0.717) is 29.4 Å². The molecule has 0 unspecified atom stereocenters. The smallest absolute Gasteiger partial charge is 0.264 e. The van der Waals surface area contributed by atoms with Gasteiger partial charge in [-0.25, -0.2) is 8.42 Å². The fourth-order valence-corrected chi connectivity index (χ4v) is 4.51. The Balaban J connectivity index is 1.43. The summed E-state index contributed by atoms with van der Waals surface area (Å²) in [6.45, 7) is 2.48. The van der Waals surface area contributed by atoms with Crippen molar-refractivity contribution in [3.63, 3.8) is 0 Å². The number of fused-ring (bicyclic) bond motifs is 1. The second-order valence-corrected chi connectivity index (χ2v) is 9.51. The topological polar surface area (TPSA) is 84.9 Å². The minimum atomic E-state index is -3.74. The predicted molar refractivity (Wildman–Crippen MR) is 122 cm³/mol. The minimum absolute atomic E-state index is 0.190. The van der Waals surface area contributed by atoms with Crippen molar-refractivity contribution in [1.82, 2.24) is 5.32 Å². The molecule has 7 nitrogen and oxygen atoms in total. The summed E-state index contributed by atoms with van der Waals surface area (Å²) >= 11 is 0. The van der Waals surface area contributed by atoms with Crippen molar-refractivity contribution < 1.29 is 22.7 Å². The standard InChI is InChI=1S/C24H24N2O5S/c1-17-10-12-21(13-11-17)32(28,29)26(2)19-7-5-6-18(14-19)24(27)25-15-20-16-30-22-8-3-4-9-23(22)31-20/h3-14,20H,15-16H2,1-2H3,(H,25,27)/t20-/m1/s1. The second kappa shape index (κ2) is 8.92. The molecule has 0 aliphatic carbocycles. The van der Waals surface area contributed by atoms with Crippen molar-refractivity contribution in [3.05, 3.63) is 83.9 Å². The molecule has 4 rings (SSSR count). The van der Waals surface area contributed by atoms with E-state index in [1.807, 2.05) is 31.2 Å². The van der Waals surface area contributed by atoms with Crippen molar-refractivity contribution in [1.29, 1.82) is 0 Å². The number of carbonyl (C=O) groups is 1. The van der Waals surface area contributed by atoms with Crippen molar-refractivity contribution >= 4 is 21.6 Å². The van der Waals surface area contributed by atoms with Crippen molar-refractivity contribution in [2.75, 3.05) is 24.5 Å². The first-order valence-corrected chi connectivity index (χ1v) is 11.6. The Morgan fingerprint density at radius 3 is 2.50 bits per heavy atom. The van der Waals surface area contributed by atoms with E-state index in [9.17, 15) is 13.2 Å². The van der Waals surface area contributed by atoms with Crippen LogP contribution in [0, 0.1) is 6.92 Å². The number of carbonyl (C=O) groups excluding carboxylic acids is 1. The van der Waals surface area contributed by atoms with Crippen LogP contribution in [0.15, 0.2) is 77.7 Å². The predicted octanol–water partition coefficient (Wildman–Crippen LogP) is 3.39. The summed E-state index contributed by atoms with van der Waals surface area (Å²) in [5.41, 5.74) is 1.72. The molecule has 0 spiro atoms. The second-order valence-electron chi connectivity index (χ2n) is 7.54. The molecule has 0 saturated heterocycles. The van der Waals surface area contributed by atoms with Crippen LogP contribution in [0.2, 0.25) is 0 Å². The van der Waals surface area contributed by atoms with Gasteiger partial charge in [0, 0.05) is 12.6 Å². The number of nitrogens with one attached hydrogen (secondary N) is 1. The summed E-state index contributed by atoms with van der Waals surface area (Å²) in [6, 6.07) is 20.5. The van der Waals surface area contributed by atoms with Gasteiger partial charge in [-0.05, 0) is 49.4 Å². The van der Waals surface area contributed by atoms with E-state index in [1.165, 1.54) is 11.4 Å². The number of sulfonamides is 1. The van der Waals surface area contributed by atoms with Gasteiger partial charge in [0.25, 0.3) is 15.9 Å². The summed E-state index contributed by atoms with van der Waals surface area (Å²) in [7, 11) is -2.27. The molecule has 1 atom stereocenters. The first kappa shape index (κ1) is 21.7. The molecular weight excluding hydrogens is 428 g/mol. The Bertz CT molecular complexity index is 1230. The van der Waals surface area contributed by atoms with Gasteiger partial charge in [-0.15, -0.1) is 0 Å². The van der Waals surface area contributed by atoms with Gasteiger partial charge in [-0.3, -0.25) is 9.10 Å². The lowest BCUT2D eigenvalue weighted by atomic mass is 10.2. The lowest BCUT2D eigenvalue weighted by Crippen LogP contribution is -2.40. The number of para-hydroxylation sites is 2. The van der Waals surface area contributed by atoms with Crippen molar-refractivity contribution in [3.8, 4) is 11.5 Å². The average molecular weight is 453 g/mol. The van der Waals surface area contributed by atoms with E-state index >= 15 is 0 Å². The molecule has 0 saturated carbocycles. The lowest BCUT2D eigenvalue weighted by Gasteiger charge is -2.26. The first-order chi connectivity index (χ1) is 15.3. The molecule has 3 aromatic rings.